The van der Waals surface area contributed by atoms with Crippen LogP contribution in [0.4, 0.5) is 0 Å². The zero-order valence-electron chi connectivity index (χ0n) is 30.8. The number of likely N-dealkylation sites (N-methyl/N-ethyl adjacent to an activating group) is 1. The van der Waals surface area contributed by atoms with Gasteiger partial charge in [0.05, 0.1) is 32.0 Å². The van der Waals surface area contributed by atoms with Crippen LogP contribution in [0, 0.1) is 0 Å². The summed E-state index contributed by atoms with van der Waals surface area (Å²) in [5, 5.41) is 65.9. The largest absolute Gasteiger partial charge is 0.394 e. The van der Waals surface area contributed by atoms with E-state index >= 15 is 0 Å². The van der Waals surface area contributed by atoms with Crippen molar-refractivity contribution in [2.45, 2.75) is 100 Å². The second kappa shape index (κ2) is 23.2. The van der Waals surface area contributed by atoms with E-state index in [2.05, 4.69) is 31.9 Å². The molecule has 7 amide bonds. The first kappa shape index (κ1) is 46.4. The Balaban J connectivity index is 2.32. The lowest BCUT2D eigenvalue weighted by Crippen LogP contribution is -2.63. The highest BCUT2D eigenvalue weighted by molar-refractivity contribution is 5.95. The van der Waals surface area contributed by atoms with Gasteiger partial charge in [0.2, 0.25) is 41.4 Å². The zero-order valence-corrected chi connectivity index (χ0v) is 30.8. The molecular weight excluding hydrogens is 726 g/mol. The molecule has 0 spiro atoms. The first-order chi connectivity index (χ1) is 26.0. The standard InChI is InChI=1S/C34H55N9O12/c1-18(47)27-33(54)42-25(17-46)31(52)38-21(30(51)41-24(16-45)32(53)40-23(28(36)49)14-19-8-4-3-5-9-19)10-6-7-13-37-26(48)12-11-22(34(55)43(27)2)39-29(50)20(35)15-44/h3-5,8-9,18,20-25,27,30,41,44-47,51H,6-7,10-17,35H2,1-2H3,(H2,36,49)(H,37,48)(H,38,52)(H,39,50)(H,40,53)(H,42,54). The Morgan fingerprint density at radius 3 is 2.18 bits per heavy atom. The van der Waals surface area contributed by atoms with E-state index in [1.807, 2.05) is 0 Å². The maximum Gasteiger partial charge on any atom is 0.246 e. The third kappa shape index (κ3) is 14.8. The van der Waals surface area contributed by atoms with Crippen molar-refractivity contribution in [3.05, 3.63) is 35.9 Å². The van der Waals surface area contributed by atoms with E-state index in [0.717, 1.165) is 11.9 Å². The van der Waals surface area contributed by atoms with Gasteiger partial charge in [-0.1, -0.05) is 30.3 Å². The molecule has 1 aromatic rings. The van der Waals surface area contributed by atoms with Gasteiger partial charge in [-0.15, -0.1) is 0 Å². The predicted molar refractivity (Wildman–Crippen MR) is 194 cm³/mol. The lowest BCUT2D eigenvalue weighted by Gasteiger charge is -2.34. The van der Waals surface area contributed by atoms with E-state index in [9.17, 15) is 59.1 Å². The number of rotatable bonds is 14. The van der Waals surface area contributed by atoms with E-state index in [1.54, 1.807) is 30.3 Å². The summed E-state index contributed by atoms with van der Waals surface area (Å²) in [4.78, 5) is 91.7. The highest BCUT2D eigenvalue weighted by atomic mass is 16.3. The number of aliphatic hydroxyl groups excluding tert-OH is 5. The molecule has 308 valence electrons. The normalized spacial score (nSPS) is 23.7. The Labute approximate surface area is 317 Å². The average molecular weight is 782 g/mol. The van der Waals surface area contributed by atoms with Gasteiger partial charge in [-0.3, -0.25) is 38.9 Å². The lowest BCUT2D eigenvalue weighted by atomic mass is 10.0. The van der Waals surface area contributed by atoms with E-state index in [4.69, 9.17) is 11.5 Å². The van der Waals surface area contributed by atoms with Crippen LogP contribution in [0.15, 0.2) is 30.3 Å². The number of hydrogen-bond acceptors (Lipinski definition) is 14. The molecule has 1 aliphatic heterocycles. The number of aliphatic hydroxyl groups is 5. The van der Waals surface area contributed by atoms with Gasteiger partial charge in [-0.25, -0.2) is 0 Å². The Morgan fingerprint density at radius 2 is 1.60 bits per heavy atom. The monoisotopic (exact) mass is 781 g/mol. The average Bonchev–Trinajstić information content (AvgIpc) is 3.15. The molecule has 1 saturated heterocycles. The minimum Gasteiger partial charge on any atom is -0.394 e. The summed E-state index contributed by atoms with van der Waals surface area (Å²) in [5.41, 5.74) is 11.8. The maximum atomic E-state index is 13.6. The summed E-state index contributed by atoms with van der Waals surface area (Å²) in [6.07, 6.45) is -3.23. The van der Waals surface area contributed by atoms with Crippen molar-refractivity contribution in [1.82, 2.24) is 36.8 Å². The third-order valence-electron chi connectivity index (χ3n) is 8.90. The van der Waals surface area contributed by atoms with Crippen molar-refractivity contribution in [2.75, 3.05) is 33.4 Å². The molecule has 2 rings (SSSR count). The Bertz CT molecular complexity index is 1450. The van der Waals surface area contributed by atoms with Gasteiger partial charge in [0.1, 0.15) is 42.5 Å². The minimum absolute atomic E-state index is 0.00626. The number of benzene rings is 1. The van der Waals surface area contributed by atoms with E-state index in [0.29, 0.717) is 12.0 Å². The molecule has 1 fully saturated rings. The van der Waals surface area contributed by atoms with E-state index in [-0.39, 0.29) is 38.6 Å². The summed E-state index contributed by atoms with van der Waals surface area (Å²) in [6, 6.07) is -1.41. The molecule has 9 unspecified atom stereocenters. The molecular formula is C34H55N9O12. The first-order valence-electron chi connectivity index (χ1n) is 17.8. The molecule has 9 atom stereocenters. The van der Waals surface area contributed by atoms with Crippen LogP contribution in [-0.2, 0) is 40.0 Å². The molecule has 0 aromatic heterocycles. The summed E-state index contributed by atoms with van der Waals surface area (Å²) in [5.74, 6) is -6.20. The van der Waals surface area contributed by atoms with Gasteiger partial charge in [-0.2, -0.15) is 0 Å². The van der Waals surface area contributed by atoms with Crippen molar-refractivity contribution < 1.29 is 59.1 Å². The fraction of sp³-hybridized carbons (Fsp3) is 0.618. The number of carbonyl (C=O) groups is 7. The summed E-state index contributed by atoms with van der Waals surface area (Å²) in [7, 11) is 1.13. The lowest BCUT2D eigenvalue weighted by molar-refractivity contribution is -0.146. The van der Waals surface area contributed by atoms with Crippen LogP contribution in [0.5, 0.6) is 0 Å². The first-order valence-corrected chi connectivity index (χ1v) is 17.8. The van der Waals surface area contributed by atoms with Crippen LogP contribution < -0.4 is 43.4 Å². The molecule has 0 saturated carbocycles. The van der Waals surface area contributed by atoms with Gasteiger partial charge >= 0.3 is 0 Å². The summed E-state index contributed by atoms with van der Waals surface area (Å²) in [6.45, 7) is -1.28. The highest BCUT2D eigenvalue weighted by Crippen LogP contribution is 2.12. The van der Waals surface area contributed by atoms with Crippen LogP contribution in [-0.4, -0.2) is 160 Å². The number of nitrogens with one attached hydrogen (secondary N) is 6. The Kier molecular flexibility index (Phi) is 19.6. The van der Waals surface area contributed by atoms with Crippen molar-refractivity contribution in [3.8, 4) is 0 Å². The molecule has 0 aliphatic carbocycles. The van der Waals surface area contributed by atoms with Crippen LogP contribution in [0.25, 0.3) is 0 Å². The van der Waals surface area contributed by atoms with Gasteiger partial charge < -0.3 is 68.5 Å². The van der Waals surface area contributed by atoms with Gasteiger partial charge in [0.15, 0.2) is 0 Å². The zero-order chi connectivity index (χ0) is 41.2. The van der Waals surface area contributed by atoms with Crippen molar-refractivity contribution in [1.29, 1.82) is 0 Å². The molecule has 21 nitrogen and oxygen atoms in total. The quantitative estimate of drug-likeness (QED) is 0.0781. The predicted octanol–water partition coefficient (Wildman–Crippen LogP) is -6.48. The van der Waals surface area contributed by atoms with Crippen molar-refractivity contribution >= 4 is 41.4 Å². The van der Waals surface area contributed by atoms with Gasteiger partial charge in [0, 0.05) is 26.4 Å². The second-order valence-electron chi connectivity index (χ2n) is 13.2. The van der Waals surface area contributed by atoms with E-state index in [1.165, 1.54) is 6.92 Å². The number of nitrogens with two attached hydrogens (primary N) is 2. The number of amides is 7. The molecule has 0 bridgehead atoms. The van der Waals surface area contributed by atoms with Crippen LogP contribution >= 0.6 is 0 Å². The van der Waals surface area contributed by atoms with Crippen LogP contribution in [0.2, 0.25) is 0 Å². The Morgan fingerprint density at radius 1 is 0.927 bits per heavy atom. The molecule has 1 heterocycles. The minimum atomic E-state index is -1.73. The molecule has 21 heteroatoms. The molecule has 1 aromatic carbocycles. The molecule has 0 radical (unpaired) electrons. The van der Waals surface area contributed by atoms with Gasteiger partial charge in [0.25, 0.3) is 0 Å². The van der Waals surface area contributed by atoms with Crippen molar-refractivity contribution in [3.63, 3.8) is 0 Å². The highest BCUT2D eigenvalue weighted by Gasteiger charge is 2.38. The second-order valence-corrected chi connectivity index (χ2v) is 13.2. The Hall–Kier alpha value is -4.77. The molecule has 1 aliphatic rings. The number of primary amides is 1. The van der Waals surface area contributed by atoms with E-state index < -0.39 is 116 Å². The van der Waals surface area contributed by atoms with Crippen molar-refractivity contribution in [2.24, 2.45) is 11.5 Å². The molecule has 15 N–H and O–H groups in total. The maximum absolute atomic E-state index is 13.6. The SMILES string of the molecule is CC(O)C1C(=O)NC(CO)C(=O)NC(C(O)NC(CO)C(=O)NC(Cc2ccccc2)C(N)=O)CCCCNC(=O)CCC(NC(=O)C(N)CO)C(=O)N1C. The fourth-order valence-electron chi connectivity index (χ4n) is 5.72. The molecule has 55 heavy (non-hydrogen) atoms. The van der Waals surface area contributed by atoms with Crippen LogP contribution in [0.1, 0.15) is 44.6 Å². The number of hydrogen-bond donors (Lipinski definition) is 13. The smallest absolute Gasteiger partial charge is 0.246 e. The topological polar surface area (TPSA) is 348 Å². The fourth-order valence-corrected chi connectivity index (χ4v) is 5.72. The van der Waals surface area contributed by atoms with Crippen LogP contribution in [0.3, 0.4) is 0 Å². The number of nitrogens with zero attached hydrogens (tertiary/aromatic N) is 1. The number of carbonyl (C=O) groups excluding carboxylic acids is 7. The summed E-state index contributed by atoms with van der Waals surface area (Å²) < 4.78 is 0. The van der Waals surface area contributed by atoms with Gasteiger partial charge in [-0.05, 0) is 38.2 Å². The third-order valence-corrected chi connectivity index (χ3v) is 8.90. The summed E-state index contributed by atoms with van der Waals surface area (Å²) >= 11 is 0.